The minimum Gasteiger partial charge on any atom is -0.369 e. The number of fused-ring (bicyclic) bond motifs is 1. The lowest BCUT2D eigenvalue weighted by molar-refractivity contribution is -0.376. The van der Waals surface area contributed by atoms with Gasteiger partial charge in [0.15, 0.2) is 0 Å². The van der Waals surface area contributed by atoms with Crippen LogP contribution < -0.4 is 5.56 Å². The lowest BCUT2D eigenvalue weighted by Crippen LogP contribution is -2.53. The maximum Gasteiger partial charge on any atom is 0.430 e. The van der Waals surface area contributed by atoms with E-state index in [9.17, 15) is 36.2 Å². The smallest absolute Gasteiger partial charge is 0.369 e. The van der Waals surface area contributed by atoms with Crippen molar-refractivity contribution in [1.82, 2.24) is 14.5 Å². The van der Waals surface area contributed by atoms with Gasteiger partial charge in [0.2, 0.25) is 0 Å². The molecular weight excluding hydrogens is 580 g/mol. The average molecular weight is 602 g/mol. The quantitative estimate of drug-likeness (QED) is 0.167. The summed E-state index contributed by atoms with van der Waals surface area (Å²) < 4.78 is 81.8. The first-order valence-electron chi connectivity index (χ1n) is 12.4. The van der Waals surface area contributed by atoms with Crippen LogP contribution in [0.1, 0.15) is 17.0 Å². The number of alkyl halides is 6. The van der Waals surface area contributed by atoms with E-state index in [0.717, 1.165) is 27.2 Å². The van der Waals surface area contributed by atoms with E-state index in [1.807, 2.05) is 30.5 Å². The Bertz CT molecular complexity index is 1770. The van der Waals surface area contributed by atoms with Gasteiger partial charge in [-0.25, -0.2) is 4.98 Å². The second-order valence-corrected chi connectivity index (χ2v) is 10.3. The average Bonchev–Trinajstić information content (AvgIpc) is 2.96. The highest BCUT2D eigenvalue weighted by atomic mass is 32.2. The number of aliphatic hydroxyl groups is 1. The fourth-order valence-electron chi connectivity index (χ4n) is 4.57. The molecule has 0 fully saturated rings. The molecule has 0 atom stereocenters. The highest BCUT2D eigenvalue weighted by Crippen LogP contribution is 2.50. The molecule has 0 radical (unpaired) electrons. The van der Waals surface area contributed by atoms with Gasteiger partial charge in [-0.1, -0.05) is 36.4 Å². The van der Waals surface area contributed by atoms with Gasteiger partial charge in [-0.15, -0.1) is 11.8 Å². The van der Waals surface area contributed by atoms with Gasteiger partial charge in [0, 0.05) is 28.6 Å². The van der Waals surface area contributed by atoms with E-state index in [1.54, 1.807) is 42.6 Å². The highest BCUT2D eigenvalue weighted by Gasteiger charge is 2.71. The number of rotatable bonds is 6. The zero-order chi connectivity index (χ0) is 30.3. The second kappa shape index (κ2) is 10.9. The van der Waals surface area contributed by atoms with E-state index >= 15 is 0 Å². The molecule has 1 N–H and O–H groups in total. The zero-order valence-electron chi connectivity index (χ0n) is 21.7. The van der Waals surface area contributed by atoms with Crippen molar-refractivity contribution in [2.24, 2.45) is 0 Å². The molecule has 0 unspecified atom stereocenters. The van der Waals surface area contributed by atoms with Crippen molar-refractivity contribution < 1.29 is 31.4 Å². The predicted molar refractivity (Wildman–Crippen MR) is 148 cm³/mol. The van der Waals surface area contributed by atoms with E-state index in [2.05, 4.69) is 9.97 Å². The van der Waals surface area contributed by atoms with Gasteiger partial charge in [-0.2, -0.15) is 26.3 Å². The molecule has 5 rings (SSSR count). The van der Waals surface area contributed by atoms with E-state index in [0.29, 0.717) is 28.9 Å². The first-order valence-corrected chi connectivity index (χ1v) is 13.6. The third-order valence-electron chi connectivity index (χ3n) is 6.78. The fourth-order valence-corrected chi connectivity index (χ4v) is 4.98. The van der Waals surface area contributed by atoms with Crippen LogP contribution in [0.5, 0.6) is 0 Å². The lowest BCUT2D eigenvalue weighted by Gasteiger charge is -2.32. The lowest BCUT2D eigenvalue weighted by atomic mass is 9.92. The van der Waals surface area contributed by atoms with Crippen LogP contribution >= 0.6 is 11.8 Å². The summed E-state index contributed by atoms with van der Waals surface area (Å²) in [5.41, 5.74) is -4.79. The maximum absolute atomic E-state index is 13.9. The van der Waals surface area contributed by atoms with Gasteiger partial charge in [0.25, 0.3) is 11.2 Å². The molecule has 0 saturated carbocycles. The Morgan fingerprint density at radius 1 is 0.857 bits per heavy atom. The van der Waals surface area contributed by atoms with E-state index < -0.39 is 29.1 Å². The fraction of sp³-hybridized carbons (Fsp3) is 0.167. The number of halogens is 6. The van der Waals surface area contributed by atoms with Crippen LogP contribution in [0.4, 0.5) is 26.3 Å². The Hall–Kier alpha value is -4.16. The summed E-state index contributed by atoms with van der Waals surface area (Å²) in [5.74, 6) is 0.213. The largest absolute Gasteiger partial charge is 0.430 e. The van der Waals surface area contributed by atoms with Crippen molar-refractivity contribution in [2.75, 3.05) is 6.26 Å². The monoisotopic (exact) mass is 601 g/mol. The molecule has 2 aromatic heterocycles. The summed E-state index contributed by atoms with van der Waals surface area (Å²) in [4.78, 5) is 23.9. The van der Waals surface area contributed by atoms with Crippen LogP contribution in [0.25, 0.3) is 27.8 Å². The molecule has 0 aliphatic rings. The summed E-state index contributed by atoms with van der Waals surface area (Å²) in [6.07, 6.45) is -8.43. The van der Waals surface area contributed by atoms with E-state index in [1.165, 1.54) is 11.8 Å². The molecule has 0 spiro atoms. The summed E-state index contributed by atoms with van der Waals surface area (Å²) in [5, 5.41) is 9.98. The first-order chi connectivity index (χ1) is 19.8. The number of thioether (sulfide) groups is 1. The van der Waals surface area contributed by atoms with Crippen LogP contribution in [-0.4, -0.2) is 38.2 Å². The molecule has 5 aromatic rings. The highest BCUT2D eigenvalue weighted by molar-refractivity contribution is 7.98. The molecular formula is C30H21F6N3O2S. The second-order valence-electron chi connectivity index (χ2n) is 9.39. The van der Waals surface area contributed by atoms with Crippen LogP contribution in [0.2, 0.25) is 0 Å². The standard InChI is InChI=1S/C30H21F6N3O2S/c1-42-22-12-5-18(6-13-22)16-26-38-25-14-7-19(24-4-2-3-15-37-24)17-23(25)27(40)39(26)21-10-8-20(9-11-21)28(41,29(31,32)33)30(34,35)36/h2-15,17,41H,16H2,1H3. The number of aromatic nitrogens is 3. The topological polar surface area (TPSA) is 68.0 Å². The number of pyridine rings is 1. The number of nitrogens with zero attached hydrogens (tertiary/aromatic N) is 3. The maximum atomic E-state index is 13.9. The molecule has 3 aromatic carbocycles. The molecule has 0 bridgehead atoms. The zero-order valence-corrected chi connectivity index (χ0v) is 22.6. The molecule has 0 aliphatic carbocycles. The molecule has 216 valence electrons. The first kappa shape index (κ1) is 29.3. The summed E-state index contributed by atoms with van der Waals surface area (Å²) in [6.45, 7) is 0. The van der Waals surface area contributed by atoms with Crippen molar-refractivity contribution in [3.05, 3.63) is 118 Å². The molecule has 12 heteroatoms. The summed E-state index contributed by atoms with van der Waals surface area (Å²) >= 11 is 1.54. The van der Waals surface area contributed by atoms with Crippen molar-refractivity contribution in [3.8, 4) is 16.9 Å². The minimum absolute atomic E-state index is 0.0242. The van der Waals surface area contributed by atoms with Gasteiger partial charge in [-0.05, 0) is 60.4 Å². The van der Waals surface area contributed by atoms with E-state index in [4.69, 9.17) is 0 Å². The van der Waals surface area contributed by atoms with Crippen LogP contribution in [0.3, 0.4) is 0 Å². The molecule has 5 nitrogen and oxygen atoms in total. The minimum atomic E-state index is -6.04. The molecule has 42 heavy (non-hydrogen) atoms. The van der Waals surface area contributed by atoms with E-state index in [-0.39, 0.29) is 23.3 Å². The van der Waals surface area contributed by atoms with Crippen molar-refractivity contribution in [2.45, 2.75) is 29.3 Å². The normalized spacial score (nSPS) is 12.6. The third-order valence-corrected chi connectivity index (χ3v) is 7.53. The van der Waals surface area contributed by atoms with Gasteiger partial charge >= 0.3 is 12.4 Å². The van der Waals surface area contributed by atoms with Crippen LogP contribution in [0.15, 0.2) is 101 Å². The Morgan fingerprint density at radius 3 is 2.10 bits per heavy atom. The SMILES string of the molecule is CSc1ccc(Cc2nc3ccc(-c4ccccn4)cc3c(=O)n2-c2ccc(C(O)(C(F)(F)F)C(F)(F)F)cc2)cc1. The number of benzene rings is 3. The molecule has 0 aliphatic heterocycles. The predicted octanol–water partition coefficient (Wildman–Crippen LogP) is 7.07. The molecule has 0 amide bonds. The number of hydrogen-bond donors (Lipinski definition) is 1. The molecule has 0 saturated heterocycles. The van der Waals surface area contributed by atoms with Gasteiger partial charge < -0.3 is 5.11 Å². The van der Waals surface area contributed by atoms with Gasteiger partial charge in [0.05, 0.1) is 22.3 Å². The summed E-state index contributed by atoms with van der Waals surface area (Å²) in [6, 6.07) is 20.6. The van der Waals surface area contributed by atoms with Crippen molar-refractivity contribution >= 4 is 22.7 Å². The third kappa shape index (κ3) is 5.27. The van der Waals surface area contributed by atoms with Gasteiger partial charge in [-0.3, -0.25) is 14.3 Å². The van der Waals surface area contributed by atoms with Gasteiger partial charge in [0.1, 0.15) is 5.82 Å². The summed E-state index contributed by atoms with van der Waals surface area (Å²) in [7, 11) is 0. The van der Waals surface area contributed by atoms with Crippen molar-refractivity contribution in [3.63, 3.8) is 0 Å². The Kier molecular flexibility index (Phi) is 7.62. The Balaban J connectivity index is 1.69. The van der Waals surface area contributed by atoms with Crippen molar-refractivity contribution in [1.29, 1.82) is 0 Å². The Labute approximate surface area is 239 Å². The number of hydrogen-bond acceptors (Lipinski definition) is 5. The van der Waals surface area contributed by atoms with Crippen LogP contribution in [0, 0.1) is 0 Å². The van der Waals surface area contributed by atoms with Crippen LogP contribution in [-0.2, 0) is 12.0 Å². The Morgan fingerprint density at radius 2 is 1.52 bits per heavy atom. The molecule has 2 heterocycles.